The highest BCUT2D eigenvalue weighted by molar-refractivity contribution is 7.47. The summed E-state index contributed by atoms with van der Waals surface area (Å²) in [6, 6.07) is 0. The second-order valence-corrected chi connectivity index (χ2v) is 29.8. The normalized spacial score (nSPS) is 14.9. The second kappa shape index (κ2) is 82.4. The van der Waals surface area contributed by atoms with Crippen LogP contribution in [-0.4, -0.2) is 96.7 Å². The van der Waals surface area contributed by atoms with Crippen molar-refractivity contribution in [2.75, 3.05) is 39.6 Å². The Morgan fingerprint density at radius 3 is 0.741 bits per heavy atom. The van der Waals surface area contributed by atoms with Crippen LogP contribution in [0.25, 0.3) is 0 Å². The van der Waals surface area contributed by atoms with Crippen molar-refractivity contribution in [2.45, 2.75) is 303 Å². The van der Waals surface area contributed by atoms with Crippen LogP contribution < -0.4 is 0 Å². The molecule has 19 heteroatoms. The smallest absolute Gasteiger partial charge is 0.462 e. The number of aliphatic hydroxyl groups excluding tert-OH is 1. The van der Waals surface area contributed by atoms with Crippen LogP contribution in [0.1, 0.15) is 285 Å². The molecule has 0 bridgehead atoms. The molecule has 0 rings (SSSR count). The maximum Gasteiger partial charge on any atom is 0.472 e. The van der Waals surface area contributed by atoms with E-state index in [-0.39, 0.29) is 25.7 Å². The molecule has 630 valence electrons. The molecule has 17 nitrogen and oxygen atoms in total. The number of carbonyl (C=O) groups excluding carboxylic acids is 4. The molecule has 3 N–H and O–H groups in total. The highest BCUT2D eigenvalue weighted by Gasteiger charge is 2.30. The maximum atomic E-state index is 13.1. The van der Waals surface area contributed by atoms with E-state index in [9.17, 15) is 43.2 Å². The van der Waals surface area contributed by atoms with Gasteiger partial charge in [0.1, 0.15) is 19.3 Å². The van der Waals surface area contributed by atoms with Gasteiger partial charge in [0.25, 0.3) is 0 Å². The first-order valence-electron chi connectivity index (χ1n) is 42.0. The molecule has 2 unspecified atom stereocenters. The van der Waals surface area contributed by atoms with E-state index in [0.717, 1.165) is 154 Å². The van der Waals surface area contributed by atoms with Gasteiger partial charge in [0.05, 0.1) is 26.4 Å². The minimum Gasteiger partial charge on any atom is -0.462 e. The molecule has 0 radical (unpaired) electrons. The standard InChI is InChI=1S/C93H146O17P2/c1-5-9-13-17-21-25-29-33-37-41-43-47-50-54-58-62-66-70-74-78-91(96)104-84-88(109-92(97)79-75-71-67-63-59-55-51-46-40-36-32-28-24-20-16-12-8-4)85-107-111(99,100)105-81-87(94)82-106-112(101,102)108-86-89(83-103-90(95)77-73-69-65-61-57-53-49-45-39-35-31-27-23-19-15-11-7-3)110-93(98)80-76-72-68-64-60-56-52-48-44-42-38-34-30-26-22-18-14-10-6-2/h9-10,13-14,21-28,33-40,43-44,47-49,51,53-56,58,60-61,63,65,67,87-89,94H,5-8,11-12,15-20,29-32,41-42,45-46,50,52,57,59,62,64,66,68-86H2,1-4H3,(H,99,100)(H,101,102)/b13-9-,14-10-,25-21-,26-22-,27-23-,28-24-,37-33-,38-34-,39-35-,40-36-,47-43-,48-44-,53-49-,55-51-,58-54-,60-56-,65-61-,67-63-/t87-,88-,89-/m1/s1. The summed E-state index contributed by atoms with van der Waals surface area (Å²) < 4.78 is 68.6. The summed E-state index contributed by atoms with van der Waals surface area (Å²) in [4.78, 5) is 73.2. The molecule has 0 amide bonds. The lowest BCUT2D eigenvalue weighted by Crippen LogP contribution is -2.30. The number of esters is 4. The van der Waals surface area contributed by atoms with Crippen LogP contribution in [0.5, 0.6) is 0 Å². The Morgan fingerprint density at radius 2 is 0.473 bits per heavy atom. The molecule has 112 heavy (non-hydrogen) atoms. The summed E-state index contributed by atoms with van der Waals surface area (Å²) in [6.45, 7) is 4.36. The number of carbonyl (C=O) groups is 4. The van der Waals surface area contributed by atoms with Gasteiger partial charge in [0.15, 0.2) is 12.2 Å². The van der Waals surface area contributed by atoms with Gasteiger partial charge in [-0.3, -0.25) is 37.3 Å². The Bertz CT molecular complexity index is 2990. The third-order valence-corrected chi connectivity index (χ3v) is 18.3. The van der Waals surface area contributed by atoms with Crippen LogP contribution in [0.2, 0.25) is 0 Å². The van der Waals surface area contributed by atoms with Crippen LogP contribution in [-0.2, 0) is 65.4 Å². The first-order chi connectivity index (χ1) is 54.7. The number of unbranched alkanes of at least 4 members (excludes halogenated alkanes) is 14. The van der Waals surface area contributed by atoms with E-state index in [1.54, 1.807) is 0 Å². The first kappa shape index (κ1) is 105. The monoisotopic (exact) mass is 1600 g/mol. The zero-order valence-corrected chi connectivity index (χ0v) is 70.8. The van der Waals surface area contributed by atoms with Gasteiger partial charge in [-0.25, -0.2) is 9.13 Å². The van der Waals surface area contributed by atoms with Crippen LogP contribution >= 0.6 is 15.6 Å². The second-order valence-electron chi connectivity index (χ2n) is 26.9. The predicted octanol–water partition coefficient (Wildman–Crippen LogP) is 25.2. The van der Waals surface area contributed by atoms with Gasteiger partial charge >= 0.3 is 39.5 Å². The molecule has 0 aromatic heterocycles. The van der Waals surface area contributed by atoms with Crippen molar-refractivity contribution in [2.24, 2.45) is 0 Å². The van der Waals surface area contributed by atoms with Crippen molar-refractivity contribution in [3.63, 3.8) is 0 Å². The lowest BCUT2D eigenvalue weighted by atomic mass is 10.1. The SMILES string of the molecule is CC/C=C\C/C=C\C/C=C\C/C=C\C/C=C\CCCCCC(=O)OC[C@H](COP(=O)(O)OC[C@@H](O)COP(=O)(O)OC[C@@H](COC(=O)CCC/C=C\C/C=C\C/C=C\C/C=C\CCCCC)OC(=O)CCCCC/C=C\C/C=C\C/C=C\C/C=C\C/C=C\CC)OC(=O)CCC/C=C\C/C=C\C/C=C\C/C=C\CCCCC. The van der Waals surface area contributed by atoms with E-state index in [1.165, 1.54) is 38.5 Å². The summed E-state index contributed by atoms with van der Waals surface area (Å²) in [6.07, 6.45) is 105. The number of phosphoric acid groups is 2. The maximum absolute atomic E-state index is 13.1. The van der Waals surface area contributed by atoms with Gasteiger partial charge < -0.3 is 33.8 Å². The van der Waals surface area contributed by atoms with Gasteiger partial charge in [0, 0.05) is 25.7 Å². The highest BCUT2D eigenvalue weighted by atomic mass is 31.2. The topological polar surface area (TPSA) is 237 Å². The van der Waals surface area contributed by atoms with Gasteiger partial charge in [-0.15, -0.1) is 0 Å². The molecule has 0 aromatic rings. The predicted molar refractivity (Wildman–Crippen MR) is 463 cm³/mol. The van der Waals surface area contributed by atoms with Crippen LogP contribution in [0, 0.1) is 0 Å². The lowest BCUT2D eigenvalue weighted by molar-refractivity contribution is -0.161. The Hall–Kier alpha value is -6.62. The van der Waals surface area contributed by atoms with Crippen molar-refractivity contribution in [1.29, 1.82) is 0 Å². The molecule has 0 aliphatic carbocycles. The fraction of sp³-hybridized carbons (Fsp3) is 0.570. The molecule has 0 aliphatic heterocycles. The van der Waals surface area contributed by atoms with Crippen molar-refractivity contribution in [3.8, 4) is 0 Å². The minimum atomic E-state index is -5.02. The van der Waals surface area contributed by atoms with Crippen molar-refractivity contribution < 1.29 is 80.2 Å². The van der Waals surface area contributed by atoms with Gasteiger partial charge in [0.2, 0.25) is 0 Å². The van der Waals surface area contributed by atoms with E-state index in [1.807, 2.05) is 24.3 Å². The van der Waals surface area contributed by atoms with Crippen molar-refractivity contribution >= 4 is 39.5 Å². The zero-order valence-electron chi connectivity index (χ0n) is 69.0. The van der Waals surface area contributed by atoms with Crippen molar-refractivity contribution in [1.82, 2.24) is 0 Å². The quantitative estimate of drug-likeness (QED) is 0.0169. The van der Waals surface area contributed by atoms with E-state index >= 15 is 0 Å². The lowest BCUT2D eigenvalue weighted by Gasteiger charge is -2.21. The Balaban J connectivity index is 5.58. The number of phosphoric ester groups is 2. The molecule has 0 fully saturated rings. The third kappa shape index (κ3) is 81.4. The minimum absolute atomic E-state index is 0.000291. The molecule has 0 aromatic carbocycles. The van der Waals surface area contributed by atoms with Gasteiger partial charge in [-0.1, -0.05) is 285 Å². The molecular formula is C93H146O17P2. The molecular weight excluding hydrogens is 1450 g/mol. The first-order valence-corrected chi connectivity index (χ1v) is 45.0. The number of aliphatic hydroxyl groups is 1. The van der Waals surface area contributed by atoms with Crippen molar-refractivity contribution in [3.05, 3.63) is 219 Å². The van der Waals surface area contributed by atoms with Crippen LogP contribution in [0.3, 0.4) is 0 Å². The average molecular weight is 1600 g/mol. The summed E-state index contributed by atoms with van der Waals surface area (Å²) in [5.41, 5.74) is 0. The number of allylic oxidation sites excluding steroid dienone is 36. The molecule has 5 atom stereocenters. The molecule has 0 spiro atoms. The van der Waals surface area contributed by atoms with Crippen LogP contribution in [0.4, 0.5) is 0 Å². The number of rotatable bonds is 76. The summed E-state index contributed by atoms with van der Waals surface area (Å²) >= 11 is 0. The van der Waals surface area contributed by atoms with E-state index in [2.05, 4.69) is 222 Å². The van der Waals surface area contributed by atoms with Gasteiger partial charge in [-0.05, 0) is 193 Å². The van der Waals surface area contributed by atoms with Gasteiger partial charge in [-0.2, -0.15) is 0 Å². The fourth-order valence-electron chi connectivity index (χ4n) is 10.1. The van der Waals surface area contributed by atoms with E-state index in [0.29, 0.717) is 38.5 Å². The third-order valence-electron chi connectivity index (χ3n) is 16.4. The number of hydrogen-bond donors (Lipinski definition) is 3. The Labute approximate surface area is 677 Å². The van der Waals surface area contributed by atoms with Crippen LogP contribution in [0.15, 0.2) is 219 Å². The fourth-order valence-corrected chi connectivity index (χ4v) is 11.7. The molecule has 0 heterocycles. The average Bonchev–Trinajstić information content (AvgIpc) is 0.900. The Kier molecular flexibility index (Phi) is 77.5. The summed E-state index contributed by atoms with van der Waals surface area (Å²) in [5.74, 6) is -2.41. The molecule has 0 saturated carbocycles. The van der Waals surface area contributed by atoms with E-state index in [4.69, 9.17) is 37.0 Å². The summed E-state index contributed by atoms with van der Waals surface area (Å²) in [7, 11) is -10.0. The largest absolute Gasteiger partial charge is 0.472 e. The summed E-state index contributed by atoms with van der Waals surface area (Å²) in [5, 5.41) is 10.7. The number of hydrogen-bond acceptors (Lipinski definition) is 15. The van der Waals surface area contributed by atoms with E-state index < -0.39 is 97.5 Å². The number of ether oxygens (including phenoxy) is 4. The molecule has 0 saturated heterocycles. The Morgan fingerprint density at radius 1 is 0.259 bits per heavy atom. The highest BCUT2D eigenvalue weighted by Crippen LogP contribution is 2.45. The molecule has 0 aliphatic rings. The zero-order chi connectivity index (χ0) is 81.7.